The third-order valence-corrected chi connectivity index (χ3v) is 6.60. The van der Waals surface area contributed by atoms with Crippen molar-refractivity contribution < 1.29 is 18.7 Å². The van der Waals surface area contributed by atoms with E-state index < -0.39 is 12.0 Å². The molecule has 8 heteroatoms. The van der Waals surface area contributed by atoms with Gasteiger partial charge < -0.3 is 19.8 Å². The van der Waals surface area contributed by atoms with Crippen LogP contribution in [-0.4, -0.2) is 61.1 Å². The molecule has 0 aliphatic carbocycles. The van der Waals surface area contributed by atoms with Crippen molar-refractivity contribution in [1.29, 1.82) is 0 Å². The van der Waals surface area contributed by atoms with Crippen molar-refractivity contribution in [1.82, 2.24) is 20.4 Å². The first-order valence-electron chi connectivity index (χ1n) is 12.0. The van der Waals surface area contributed by atoms with Crippen molar-refractivity contribution in [2.24, 2.45) is 0 Å². The maximum absolute atomic E-state index is 12.9. The number of benzene rings is 2. The summed E-state index contributed by atoms with van der Waals surface area (Å²) in [6, 6.07) is 17.4. The molecule has 3 heterocycles. The molecular formula is C27H30N4O4. The zero-order chi connectivity index (χ0) is 24.2. The van der Waals surface area contributed by atoms with Crippen LogP contribution in [0.25, 0.3) is 10.8 Å². The van der Waals surface area contributed by atoms with Gasteiger partial charge in [-0.2, -0.15) is 0 Å². The van der Waals surface area contributed by atoms with Crippen LogP contribution in [0.1, 0.15) is 24.3 Å². The van der Waals surface area contributed by atoms with Gasteiger partial charge >= 0.3 is 12.0 Å². The number of carbonyl (C=O) groups is 2. The van der Waals surface area contributed by atoms with Gasteiger partial charge in [0, 0.05) is 45.0 Å². The summed E-state index contributed by atoms with van der Waals surface area (Å²) in [5, 5.41) is 8.20. The van der Waals surface area contributed by atoms with E-state index in [9.17, 15) is 9.59 Å². The molecule has 2 N–H and O–H groups in total. The number of nitrogens with one attached hydrogen (secondary N) is 2. The molecule has 35 heavy (non-hydrogen) atoms. The number of furan rings is 1. The average Bonchev–Trinajstić information content (AvgIpc) is 3.40. The number of carbonyl (C=O) groups excluding carboxylic acids is 2. The molecule has 5 rings (SSSR count). The second kappa shape index (κ2) is 10.3. The van der Waals surface area contributed by atoms with Crippen LogP contribution < -0.4 is 10.6 Å². The van der Waals surface area contributed by atoms with Gasteiger partial charge in [0.15, 0.2) is 0 Å². The fourth-order valence-electron chi connectivity index (χ4n) is 4.86. The second-order valence-electron chi connectivity index (χ2n) is 8.85. The number of hydrogen-bond acceptors (Lipinski definition) is 6. The van der Waals surface area contributed by atoms with Gasteiger partial charge in [-0.15, -0.1) is 0 Å². The molecule has 1 saturated heterocycles. The predicted octanol–water partition coefficient (Wildman–Crippen LogP) is 3.42. The van der Waals surface area contributed by atoms with E-state index in [0.717, 1.165) is 32.7 Å². The average molecular weight is 475 g/mol. The molecule has 2 aromatic carbocycles. The summed E-state index contributed by atoms with van der Waals surface area (Å²) in [6.07, 6.45) is 1.53. The first-order valence-corrected chi connectivity index (χ1v) is 12.0. The Hall–Kier alpha value is -3.62. The molecular weight excluding hydrogens is 444 g/mol. The molecule has 3 aromatic rings. The van der Waals surface area contributed by atoms with E-state index in [-0.39, 0.29) is 12.6 Å². The van der Waals surface area contributed by atoms with Crippen LogP contribution in [0.2, 0.25) is 0 Å². The van der Waals surface area contributed by atoms with Crippen LogP contribution in [0, 0.1) is 0 Å². The standard InChI is InChI=1S/C27H30N4O4/c1-2-34-26(32)24-22(28-27(33)29-25(24)23-11-6-16-35-23)18-31-14-12-30(13-15-31)17-20-9-5-8-19-7-3-4-10-21(19)20/h3-11,16,25H,2,12-15,17-18H2,1H3,(H2,28,29,33)/t25-/m0/s1. The van der Waals surface area contributed by atoms with E-state index >= 15 is 0 Å². The number of rotatable bonds is 7. The maximum Gasteiger partial charge on any atom is 0.338 e. The first kappa shape index (κ1) is 23.1. The zero-order valence-electron chi connectivity index (χ0n) is 19.8. The Morgan fingerprint density at radius 1 is 1.00 bits per heavy atom. The molecule has 8 nitrogen and oxygen atoms in total. The van der Waals surface area contributed by atoms with Gasteiger partial charge in [0.25, 0.3) is 0 Å². The van der Waals surface area contributed by atoms with Crippen LogP contribution in [0.3, 0.4) is 0 Å². The smallest absolute Gasteiger partial charge is 0.338 e. The highest BCUT2D eigenvalue weighted by atomic mass is 16.5. The molecule has 1 atom stereocenters. The molecule has 0 unspecified atom stereocenters. The second-order valence-corrected chi connectivity index (χ2v) is 8.85. The van der Waals surface area contributed by atoms with Crippen LogP contribution >= 0.6 is 0 Å². The summed E-state index contributed by atoms with van der Waals surface area (Å²) in [4.78, 5) is 30.0. The predicted molar refractivity (Wildman–Crippen MR) is 132 cm³/mol. The van der Waals surface area contributed by atoms with E-state index in [1.54, 1.807) is 19.1 Å². The van der Waals surface area contributed by atoms with Gasteiger partial charge in [0.1, 0.15) is 11.8 Å². The number of urea groups is 1. The molecule has 182 valence electrons. The summed E-state index contributed by atoms with van der Waals surface area (Å²) >= 11 is 0. The first-order chi connectivity index (χ1) is 17.1. The van der Waals surface area contributed by atoms with Gasteiger partial charge in [0.2, 0.25) is 0 Å². The molecule has 2 amide bonds. The summed E-state index contributed by atoms with van der Waals surface area (Å²) in [5.41, 5.74) is 2.28. The molecule has 1 aromatic heterocycles. The fourth-order valence-corrected chi connectivity index (χ4v) is 4.86. The van der Waals surface area contributed by atoms with E-state index in [1.807, 2.05) is 0 Å². The third kappa shape index (κ3) is 5.08. The largest absolute Gasteiger partial charge is 0.467 e. The topological polar surface area (TPSA) is 87.0 Å². The summed E-state index contributed by atoms with van der Waals surface area (Å²) in [7, 11) is 0. The van der Waals surface area contributed by atoms with Gasteiger partial charge in [-0.25, -0.2) is 9.59 Å². The van der Waals surface area contributed by atoms with Gasteiger partial charge in [-0.3, -0.25) is 9.80 Å². The maximum atomic E-state index is 12.9. The lowest BCUT2D eigenvalue weighted by molar-refractivity contribution is -0.139. The molecule has 0 bridgehead atoms. The Balaban J connectivity index is 1.29. The number of piperazine rings is 1. The summed E-state index contributed by atoms with van der Waals surface area (Å²) in [5.74, 6) is 0.0475. The SMILES string of the molecule is CCOC(=O)C1=C(CN2CCN(Cc3cccc4ccccc34)CC2)NC(=O)N[C@H]1c1ccco1. The number of fused-ring (bicyclic) bond motifs is 1. The van der Waals surface area contributed by atoms with Gasteiger partial charge in [-0.05, 0) is 35.4 Å². The fraction of sp³-hybridized carbons (Fsp3) is 0.333. The minimum absolute atomic E-state index is 0.251. The Kier molecular flexibility index (Phi) is 6.83. The Morgan fingerprint density at radius 3 is 2.49 bits per heavy atom. The van der Waals surface area contributed by atoms with Crippen LogP contribution in [0.5, 0.6) is 0 Å². The minimum atomic E-state index is -0.680. The zero-order valence-corrected chi connectivity index (χ0v) is 19.8. The Bertz CT molecular complexity index is 1220. The Labute approximate surface area is 204 Å². The normalized spacial score (nSPS) is 19.5. The highest BCUT2D eigenvalue weighted by molar-refractivity contribution is 5.95. The van der Waals surface area contributed by atoms with E-state index in [2.05, 4.69) is 62.9 Å². The number of nitrogens with zero attached hydrogens (tertiary/aromatic N) is 2. The molecule has 0 radical (unpaired) electrons. The van der Waals surface area contributed by atoms with Gasteiger partial charge in [0.05, 0.1) is 18.4 Å². The van der Waals surface area contributed by atoms with Crippen molar-refractivity contribution >= 4 is 22.8 Å². The molecule has 0 spiro atoms. The van der Waals surface area contributed by atoms with E-state index in [1.165, 1.54) is 22.6 Å². The van der Waals surface area contributed by atoms with Crippen molar-refractivity contribution in [2.75, 3.05) is 39.3 Å². The van der Waals surface area contributed by atoms with Crippen molar-refractivity contribution in [3.05, 3.63) is 83.5 Å². The number of esters is 1. The molecule has 2 aliphatic rings. The number of hydrogen-bond donors (Lipinski definition) is 2. The monoisotopic (exact) mass is 474 g/mol. The van der Waals surface area contributed by atoms with Crippen LogP contribution in [0.15, 0.2) is 76.5 Å². The third-order valence-electron chi connectivity index (χ3n) is 6.60. The molecule has 0 saturated carbocycles. The van der Waals surface area contributed by atoms with Crippen molar-refractivity contribution in [3.8, 4) is 0 Å². The summed E-state index contributed by atoms with van der Waals surface area (Å²) in [6.45, 7) is 6.84. The highest BCUT2D eigenvalue weighted by Crippen LogP contribution is 2.29. The Morgan fingerprint density at radius 2 is 1.74 bits per heavy atom. The van der Waals surface area contributed by atoms with Crippen molar-refractivity contribution in [3.63, 3.8) is 0 Å². The molecule has 2 aliphatic heterocycles. The number of amides is 2. The minimum Gasteiger partial charge on any atom is -0.467 e. The lowest BCUT2D eigenvalue weighted by Gasteiger charge is -2.37. The van der Waals surface area contributed by atoms with Gasteiger partial charge in [-0.1, -0.05) is 42.5 Å². The van der Waals surface area contributed by atoms with E-state index in [0.29, 0.717) is 23.6 Å². The number of ether oxygens (including phenoxy) is 1. The van der Waals surface area contributed by atoms with Crippen LogP contribution in [0.4, 0.5) is 4.79 Å². The lowest BCUT2D eigenvalue weighted by atomic mass is 9.99. The van der Waals surface area contributed by atoms with Crippen molar-refractivity contribution in [2.45, 2.75) is 19.5 Å². The highest BCUT2D eigenvalue weighted by Gasteiger charge is 2.36. The van der Waals surface area contributed by atoms with Crippen LogP contribution in [-0.2, 0) is 16.1 Å². The lowest BCUT2D eigenvalue weighted by Crippen LogP contribution is -2.51. The molecule has 1 fully saturated rings. The summed E-state index contributed by atoms with van der Waals surface area (Å²) < 4.78 is 10.8. The van der Waals surface area contributed by atoms with E-state index in [4.69, 9.17) is 9.15 Å². The quantitative estimate of drug-likeness (QED) is 0.511.